The van der Waals surface area contributed by atoms with E-state index in [1.807, 2.05) is 13.8 Å². The Hall–Kier alpha value is -2.44. The van der Waals surface area contributed by atoms with Crippen LogP contribution in [0.2, 0.25) is 0 Å². The lowest BCUT2D eigenvalue weighted by atomic mass is 9.86. The number of carboxylic acids is 1. The summed E-state index contributed by atoms with van der Waals surface area (Å²) in [7, 11) is 0. The molecule has 7 heteroatoms. The molecule has 0 aliphatic rings. The fourth-order valence-electron chi connectivity index (χ4n) is 3.22. The first kappa shape index (κ1) is 24.6. The summed E-state index contributed by atoms with van der Waals surface area (Å²) in [5.74, 6) is -1.46. The Morgan fingerprint density at radius 1 is 0.966 bits per heavy atom. The predicted molar refractivity (Wildman–Crippen MR) is 109 cm³/mol. The topological polar surface area (TPSA) is 124 Å². The number of phenolic OH excluding ortho intramolecular Hbond substituents is 3. The number of hydrogen-bond donors (Lipinski definition) is 4. The van der Waals surface area contributed by atoms with Crippen LogP contribution in [0.1, 0.15) is 77.3 Å². The highest BCUT2D eigenvalue weighted by molar-refractivity contribution is 5.73. The summed E-state index contributed by atoms with van der Waals surface area (Å²) >= 11 is 0. The van der Waals surface area contributed by atoms with Crippen molar-refractivity contribution in [3.8, 4) is 17.2 Å². The van der Waals surface area contributed by atoms with Gasteiger partial charge in [0.25, 0.3) is 6.47 Å². The molecule has 0 saturated carbocycles. The molecule has 1 aromatic rings. The monoisotopic (exact) mass is 410 g/mol. The van der Waals surface area contributed by atoms with Gasteiger partial charge in [-0.25, -0.2) is 0 Å². The molecule has 7 nitrogen and oxygen atoms in total. The van der Waals surface area contributed by atoms with Gasteiger partial charge in [0, 0.05) is 5.56 Å². The number of ether oxygens (including phenoxy) is 1. The van der Waals surface area contributed by atoms with E-state index < -0.39 is 17.0 Å². The van der Waals surface area contributed by atoms with Gasteiger partial charge >= 0.3 is 5.97 Å². The van der Waals surface area contributed by atoms with Gasteiger partial charge in [-0.15, -0.1) is 0 Å². The zero-order chi connectivity index (χ0) is 22.2. The second kappa shape index (κ2) is 10.4. The third-order valence-electron chi connectivity index (χ3n) is 5.33. The van der Waals surface area contributed by atoms with Gasteiger partial charge in [0.2, 0.25) is 0 Å². The smallest absolute Gasteiger partial charge is 0.309 e. The molecule has 1 aromatic carbocycles. The second-order valence-corrected chi connectivity index (χ2v) is 8.81. The number of benzene rings is 1. The number of carboxylic acid groups (broad SMARTS) is 1. The molecule has 0 aliphatic carbocycles. The lowest BCUT2D eigenvalue weighted by Crippen LogP contribution is -2.23. The van der Waals surface area contributed by atoms with E-state index in [0.29, 0.717) is 62.5 Å². The summed E-state index contributed by atoms with van der Waals surface area (Å²) in [4.78, 5) is 21.7. The number of hydrogen-bond acceptors (Lipinski definition) is 6. The zero-order valence-electron chi connectivity index (χ0n) is 17.8. The van der Waals surface area contributed by atoms with Crippen LogP contribution >= 0.6 is 0 Å². The number of unbranched alkanes of at least 4 members (excludes halogenated alkanes) is 2. The Balaban J connectivity index is 2.70. The molecule has 0 bridgehead atoms. The second-order valence-electron chi connectivity index (χ2n) is 8.81. The zero-order valence-corrected chi connectivity index (χ0v) is 17.8. The van der Waals surface area contributed by atoms with Crippen molar-refractivity contribution >= 4 is 12.4 Å². The first-order chi connectivity index (χ1) is 13.4. The number of aliphatic carboxylic acids is 1. The molecule has 0 amide bonds. The van der Waals surface area contributed by atoms with Crippen molar-refractivity contribution in [2.45, 2.75) is 84.7 Å². The Kier molecular flexibility index (Phi) is 8.80. The van der Waals surface area contributed by atoms with E-state index in [1.54, 1.807) is 13.8 Å². The summed E-state index contributed by atoms with van der Waals surface area (Å²) in [6.45, 7) is 7.41. The van der Waals surface area contributed by atoms with E-state index in [0.717, 1.165) is 6.42 Å². The molecule has 164 valence electrons. The molecular weight excluding hydrogens is 376 g/mol. The van der Waals surface area contributed by atoms with Gasteiger partial charge in [0.1, 0.15) is 11.4 Å². The third-order valence-corrected chi connectivity index (χ3v) is 5.33. The van der Waals surface area contributed by atoms with E-state index in [1.165, 1.54) is 6.07 Å². The molecule has 0 atom stereocenters. The van der Waals surface area contributed by atoms with Crippen LogP contribution in [-0.4, -0.2) is 38.5 Å². The average Bonchev–Trinajstić information content (AvgIpc) is 2.61. The van der Waals surface area contributed by atoms with Crippen LogP contribution in [0.5, 0.6) is 17.2 Å². The van der Waals surface area contributed by atoms with Crippen molar-refractivity contribution in [3.63, 3.8) is 0 Å². The van der Waals surface area contributed by atoms with E-state index in [9.17, 15) is 24.9 Å². The number of carbonyl (C=O) groups excluding carboxylic acids is 1. The highest BCUT2D eigenvalue weighted by Gasteiger charge is 2.26. The normalized spacial score (nSPS) is 12.0. The van der Waals surface area contributed by atoms with Crippen LogP contribution in [0.25, 0.3) is 0 Å². The number of aromatic hydroxyl groups is 3. The van der Waals surface area contributed by atoms with Gasteiger partial charge in [0.05, 0.1) is 5.41 Å². The van der Waals surface area contributed by atoms with Crippen molar-refractivity contribution in [2.24, 2.45) is 5.41 Å². The minimum absolute atomic E-state index is 0.0267. The Bertz CT molecular complexity index is 708. The van der Waals surface area contributed by atoms with Crippen molar-refractivity contribution in [2.75, 3.05) is 0 Å². The third kappa shape index (κ3) is 7.48. The molecule has 4 N–H and O–H groups in total. The summed E-state index contributed by atoms with van der Waals surface area (Å²) < 4.78 is 5.00. The molecule has 29 heavy (non-hydrogen) atoms. The largest absolute Gasteiger partial charge is 0.507 e. The van der Waals surface area contributed by atoms with Crippen molar-refractivity contribution in [3.05, 3.63) is 17.2 Å². The highest BCUT2D eigenvalue weighted by Crippen LogP contribution is 2.40. The number of rotatable bonds is 13. The standard InChI is InChI=1S/C22H34O7/c1-21(2,20(27)28)11-7-5-9-15-13-17(24)19(26)16(18(15)25)10-6-8-12-22(3,4)29-14-23/h13-14,24-26H,5-12H2,1-4H3,(H,27,28). The SMILES string of the molecule is CC(C)(CCCCc1c(O)c(O)cc(CCCCC(C)(C)C(=O)O)c1O)OC=O. The quantitative estimate of drug-likeness (QED) is 0.165. The number of carbonyl (C=O) groups is 2. The maximum atomic E-state index is 11.2. The fraction of sp³-hybridized carbons (Fsp3) is 0.636. The van der Waals surface area contributed by atoms with Crippen LogP contribution in [0, 0.1) is 5.41 Å². The molecule has 0 aliphatic heterocycles. The summed E-state index contributed by atoms with van der Waals surface area (Å²) in [5.41, 5.74) is -0.529. The van der Waals surface area contributed by atoms with Crippen LogP contribution in [-0.2, 0) is 27.2 Å². The van der Waals surface area contributed by atoms with Crippen LogP contribution in [0.3, 0.4) is 0 Å². The Morgan fingerprint density at radius 3 is 2.14 bits per heavy atom. The molecule has 0 radical (unpaired) electrons. The first-order valence-electron chi connectivity index (χ1n) is 10.0. The molecule has 0 saturated heterocycles. The van der Waals surface area contributed by atoms with Crippen molar-refractivity contribution in [1.29, 1.82) is 0 Å². The van der Waals surface area contributed by atoms with Gasteiger partial charge in [0.15, 0.2) is 11.5 Å². The van der Waals surface area contributed by atoms with E-state index in [4.69, 9.17) is 9.84 Å². The van der Waals surface area contributed by atoms with Crippen molar-refractivity contribution < 1.29 is 34.8 Å². The minimum Gasteiger partial charge on any atom is -0.507 e. The van der Waals surface area contributed by atoms with Gasteiger partial charge in [-0.05, 0) is 84.3 Å². The fourth-order valence-corrected chi connectivity index (χ4v) is 3.22. The van der Waals surface area contributed by atoms with E-state index >= 15 is 0 Å². The maximum Gasteiger partial charge on any atom is 0.309 e. The number of phenols is 3. The van der Waals surface area contributed by atoms with Gasteiger partial charge < -0.3 is 25.2 Å². The maximum absolute atomic E-state index is 11.2. The predicted octanol–water partition coefficient (Wildman–Crippen LogP) is 4.29. The molecule has 1 rings (SSSR count). The minimum atomic E-state index is -0.841. The first-order valence-corrected chi connectivity index (χ1v) is 10.0. The molecule has 0 aromatic heterocycles. The van der Waals surface area contributed by atoms with E-state index in [-0.39, 0.29) is 17.2 Å². The average molecular weight is 411 g/mol. The lowest BCUT2D eigenvalue weighted by Gasteiger charge is -2.22. The number of aryl methyl sites for hydroxylation is 1. The van der Waals surface area contributed by atoms with Gasteiger partial charge in [-0.1, -0.05) is 6.42 Å². The van der Waals surface area contributed by atoms with E-state index in [2.05, 4.69) is 0 Å². The molecule has 0 spiro atoms. The van der Waals surface area contributed by atoms with Gasteiger partial charge in [-0.2, -0.15) is 0 Å². The van der Waals surface area contributed by atoms with Crippen LogP contribution in [0.15, 0.2) is 6.07 Å². The molecule has 0 unspecified atom stereocenters. The lowest BCUT2D eigenvalue weighted by molar-refractivity contribution is -0.147. The van der Waals surface area contributed by atoms with Crippen molar-refractivity contribution in [1.82, 2.24) is 0 Å². The molecule has 0 fully saturated rings. The Labute approximate surface area is 172 Å². The summed E-state index contributed by atoms with van der Waals surface area (Å²) in [5, 5.41) is 39.9. The summed E-state index contributed by atoms with van der Waals surface area (Å²) in [6.07, 6.45) is 4.69. The Morgan fingerprint density at radius 2 is 1.55 bits per heavy atom. The molecule has 0 heterocycles. The van der Waals surface area contributed by atoms with Crippen LogP contribution in [0.4, 0.5) is 0 Å². The van der Waals surface area contributed by atoms with Crippen LogP contribution < -0.4 is 0 Å². The molecular formula is C22H34O7. The van der Waals surface area contributed by atoms with Gasteiger partial charge in [-0.3, -0.25) is 9.59 Å². The highest BCUT2D eigenvalue weighted by atomic mass is 16.5. The summed E-state index contributed by atoms with van der Waals surface area (Å²) in [6, 6.07) is 1.36.